The van der Waals surface area contributed by atoms with Crippen LogP contribution in [0.1, 0.15) is 52.7 Å². The van der Waals surface area contributed by atoms with Gasteiger partial charge >= 0.3 is 0 Å². The summed E-state index contributed by atoms with van der Waals surface area (Å²) in [6, 6.07) is 9.77. The predicted molar refractivity (Wildman–Crippen MR) is 98.8 cm³/mol. The SMILES string of the molecule is Cc1cc(C(=O)NC2(C#N)CCCC2)cc(C)c1OCc1cccnc1. The molecular formula is C21H23N3O2. The van der Waals surface area contributed by atoms with Crippen molar-refractivity contribution in [2.75, 3.05) is 0 Å². The second-order valence-electron chi connectivity index (χ2n) is 6.94. The van der Waals surface area contributed by atoms with Crippen LogP contribution < -0.4 is 10.1 Å². The highest BCUT2D eigenvalue weighted by Gasteiger charge is 2.35. The molecule has 1 aliphatic carbocycles. The van der Waals surface area contributed by atoms with Crippen molar-refractivity contribution in [3.63, 3.8) is 0 Å². The van der Waals surface area contributed by atoms with E-state index in [9.17, 15) is 10.1 Å². The molecule has 0 radical (unpaired) electrons. The Balaban J connectivity index is 1.74. The van der Waals surface area contributed by atoms with Gasteiger partial charge < -0.3 is 10.1 Å². The highest BCUT2D eigenvalue weighted by Crippen LogP contribution is 2.30. The van der Waals surface area contributed by atoms with Crippen LogP contribution in [0.4, 0.5) is 0 Å². The summed E-state index contributed by atoms with van der Waals surface area (Å²) in [5.41, 5.74) is 2.64. The lowest BCUT2D eigenvalue weighted by Gasteiger charge is -2.22. The van der Waals surface area contributed by atoms with E-state index in [1.165, 1.54) is 0 Å². The largest absolute Gasteiger partial charge is 0.488 e. The summed E-state index contributed by atoms with van der Waals surface area (Å²) in [5.74, 6) is 0.583. The van der Waals surface area contributed by atoms with Gasteiger partial charge in [0.15, 0.2) is 0 Å². The molecule has 5 heteroatoms. The first-order valence-electron chi connectivity index (χ1n) is 8.90. The number of nitriles is 1. The average molecular weight is 349 g/mol. The first kappa shape index (κ1) is 17.9. The van der Waals surface area contributed by atoms with Gasteiger partial charge in [0.25, 0.3) is 5.91 Å². The van der Waals surface area contributed by atoms with E-state index in [0.717, 1.165) is 48.1 Å². The lowest BCUT2D eigenvalue weighted by molar-refractivity contribution is 0.0920. The molecule has 1 N–H and O–H groups in total. The predicted octanol–water partition coefficient (Wildman–Crippen LogP) is 3.84. The second-order valence-corrected chi connectivity index (χ2v) is 6.94. The summed E-state index contributed by atoms with van der Waals surface area (Å²) in [5, 5.41) is 12.4. The number of rotatable bonds is 5. The zero-order valence-electron chi connectivity index (χ0n) is 15.2. The molecule has 2 aromatic rings. The third-order valence-corrected chi connectivity index (χ3v) is 4.85. The van der Waals surface area contributed by atoms with E-state index in [-0.39, 0.29) is 5.91 Å². The van der Waals surface area contributed by atoms with Gasteiger partial charge in [-0.2, -0.15) is 5.26 Å². The lowest BCUT2D eigenvalue weighted by Crippen LogP contribution is -2.45. The van der Waals surface area contributed by atoms with Gasteiger partial charge in [-0.3, -0.25) is 9.78 Å². The molecule has 3 rings (SSSR count). The minimum atomic E-state index is -0.714. The molecule has 0 aliphatic heterocycles. The van der Waals surface area contributed by atoms with Gasteiger partial charge in [0.05, 0.1) is 6.07 Å². The molecule has 0 bridgehead atoms. The number of nitrogens with one attached hydrogen (secondary N) is 1. The van der Waals surface area contributed by atoms with E-state index in [1.807, 2.05) is 38.1 Å². The normalized spacial score (nSPS) is 15.3. The van der Waals surface area contributed by atoms with Crippen LogP contribution in [-0.4, -0.2) is 16.4 Å². The molecule has 1 saturated carbocycles. The van der Waals surface area contributed by atoms with Crippen molar-refractivity contribution in [2.24, 2.45) is 0 Å². The number of carbonyl (C=O) groups excluding carboxylic acids is 1. The first-order chi connectivity index (χ1) is 12.5. The Bertz CT molecular complexity index is 811. The van der Waals surface area contributed by atoms with Crippen molar-refractivity contribution >= 4 is 5.91 Å². The van der Waals surface area contributed by atoms with Crippen LogP contribution >= 0.6 is 0 Å². The highest BCUT2D eigenvalue weighted by molar-refractivity contribution is 5.95. The fourth-order valence-corrected chi connectivity index (χ4v) is 3.48. The van der Waals surface area contributed by atoms with Gasteiger partial charge in [0.2, 0.25) is 0 Å². The molecule has 0 atom stereocenters. The zero-order valence-corrected chi connectivity index (χ0v) is 15.2. The Hall–Kier alpha value is -2.87. The topological polar surface area (TPSA) is 75.0 Å². The van der Waals surface area contributed by atoms with Crippen molar-refractivity contribution < 1.29 is 9.53 Å². The Morgan fingerprint density at radius 2 is 2.00 bits per heavy atom. The number of hydrogen-bond donors (Lipinski definition) is 1. The van der Waals surface area contributed by atoms with Crippen molar-refractivity contribution in [2.45, 2.75) is 51.7 Å². The number of hydrogen-bond acceptors (Lipinski definition) is 4. The van der Waals surface area contributed by atoms with Gasteiger partial charge in [-0.25, -0.2) is 0 Å². The number of amides is 1. The molecule has 1 heterocycles. The van der Waals surface area contributed by atoms with Crippen LogP contribution in [-0.2, 0) is 6.61 Å². The minimum Gasteiger partial charge on any atom is -0.488 e. The zero-order chi connectivity index (χ0) is 18.6. The summed E-state index contributed by atoms with van der Waals surface area (Å²) >= 11 is 0. The summed E-state index contributed by atoms with van der Waals surface area (Å²) in [6.07, 6.45) is 6.90. The standard InChI is InChI=1S/C21H23N3O2/c1-15-10-18(20(25)24-21(14-22)7-3-4-8-21)11-16(2)19(15)26-13-17-6-5-9-23-12-17/h5-6,9-12H,3-4,7-8,13H2,1-2H3,(H,24,25). The van der Waals surface area contributed by atoms with Crippen LogP contribution in [0.15, 0.2) is 36.7 Å². The van der Waals surface area contributed by atoms with Crippen molar-refractivity contribution in [3.05, 3.63) is 58.9 Å². The Kier molecular flexibility index (Phi) is 5.22. The third-order valence-electron chi connectivity index (χ3n) is 4.85. The monoisotopic (exact) mass is 349 g/mol. The summed E-state index contributed by atoms with van der Waals surface area (Å²) < 4.78 is 5.94. The quantitative estimate of drug-likeness (QED) is 0.890. The van der Waals surface area contributed by atoms with Gasteiger partial charge in [-0.15, -0.1) is 0 Å². The van der Waals surface area contributed by atoms with E-state index >= 15 is 0 Å². The molecule has 26 heavy (non-hydrogen) atoms. The average Bonchev–Trinajstić information content (AvgIpc) is 3.10. The maximum atomic E-state index is 12.6. The fourth-order valence-electron chi connectivity index (χ4n) is 3.48. The van der Waals surface area contributed by atoms with E-state index in [2.05, 4.69) is 16.4 Å². The summed E-state index contributed by atoms with van der Waals surface area (Å²) in [6.45, 7) is 4.29. The Morgan fingerprint density at radius 3 is 2.58 bits per heavy atom. The van der Waals surface area contributed by atoms with Gasteiger partial charge in [0, 0.05) is 23.5 Å². The van der Waals surface area contributed by atoms with Gasteiger partial charge in [-0.05, 0) is 68.9 Å². The summed E-state index contributed by atoms with van der Waals surface area (Å²) in [7, 11) is 0. The van der Waals surface area contributed by atoms with Gasteiger partial charge in [0.1, 0.15) is 17.9 Å². The number of nitrogens with zero attached hydrogens (tertiary/aromatic N) is 2. The molecular weight excluding hydrogens is 326 g/mol. The van der Waals surface area contributed by atoms with E-state index in [1.54, 1.807) is 12.4 Å². The molecule has 0 spiro atoms. The lowest BCUT2D eigenvalue weighted by atomic mass is 9.98. The second kappa shape index (κ2) is 7.57. The molecule has 1 fully saturated rings. The van der Waals surface area contributed by atoms with Crippen molar-refractivity contribution in [1.29, 1.82) is 5.26 Å². The first-order valence-corrected chi connectivity index (χ1v) is 8.90. The molecule has 0 unspecified atom stereocenters. The molecule has 1 aromatic heterocycles. The van der Waals surface area contributed by atoms with Crippen LogP contribution in [0, 0.1) is 25.2 Å². The van der Waals surface area contributed by atoms with Crippen molar-refractivity contribution in [3.8, 4) is 11.8 Å². The third kappa shape index (κ3) is 3.85. The molecule has 1 aromatic carbocycles. The highest BCUT2D eigenvalue weighted by atomic mass is 16.5. The van der Waals surface area contributed by atoms with Crippen LogP contribution in [0.2, 0.25) is 0 Å². The number of carbonyl (C=O) groups is 1. The fraction of sp³-hybridized carbons (Fsp3) is 0.381. The molecule has 134 valence electrons. The summed E-state index contributed by atoms with van der Waals surface area (Å²) in [4.78, 5) is 16.7. The van der Waals surface area contributed by atoms with E-state index in [0.29, 0.717) is 12.2 Å². The van der Waals surface area contributed by atoms with Crippen LogP contribution in [0.3, 0.4) is 0 Å². The molecule has 5 nitrogen and oxygen atoms in total. The number of benzene rings is 1. The number of aryl methyl sites for hydroxylation is 2. The smallest absolute Gasteiger partial charge is 0.252 e. The van der Waals surface area contributed by atoms with Crippen molar-refractivity contribution in [1.82, 2.24) is 10.3 Å². The maximum absolute atomic E-state index is 12.6. The number of pyridine rings is 1. The van der Waals surface area contributed by atoms with Crippen LogP contribution in [0.5, 0.6) is 5.75 Å². The number of ether oxygens (including phenoxy) is 1. The van der Waals surface area contributed by atoms with E-state index in [4.69, 9.17) is 4.74 Å². The molecule has 0 saturated heterocycles. The maximum Gasteiger partial charge on any atom is 0.252 e. The molecule has 1 amide bonds. The van der Waals surface area contributed by atoms with Crippen LogP contribution in [0.25, 0.3) is 0 Å². The van der Waals surface area contributed by atoms with Gasteiger partial charge in [-0.1, -0.05) is 6.07 Å². The Morgan fingerprint density at radius 1 is 1.31 bits per heavy atom. The Labute approximate surface area is 154 Å². The molecule has 1 aliphatic rings. The number of aromatic nitrogens is 1. The van der Waals surface area contributed by atoms with E-state index < -0.39 is 5.54 Å². The minimum absolute atomic E-state index is 0.196.